The molecule has 0 saturated carbocycles. The van der Waals surface area contributed by atoms with Gasteiger partial charge in [0.2, 0.25) is 0 Å². The molecular formula is C13H22N6O2. The number of primary amides is 1. The Morgan fingerprint density at radius 3 is 2.33 bits per heavy atom. The van der Waals surface area contributed by atoms with Crippen molar-refractivity contribution in [2.45, 2.75) is 26.2 Å². The van der Waals surface area contributed by atoms with Crippen molar-refractivity contribution in [3.05, 3.63) is 23.4 Å². The summed E-state index contributed by atoms with van der Waals surface area (Å²) in [5.41, 5.74) is 8.37. The number of nitrogen functional groups attached to an aromatic ring is 1. The molecule has 0 fully saturated rings. The van der Waals surface area contributed by atoms with Gasteiger partial charge in [-0.25, -0.2) is 15.6 Å². The lowest BCUT2D eigenvalue weighted by Gasteiger charge is -2.19. The highest BCUT2D eigenvalue weighted by Gasteiger charge is 2.19. The highest BCUT2D eigenvalue weighted by molar-refractivity contribution is 5.95. The number of rotatable bonds is 5. The zero-order chi connectivity index (χ0) is 16.0. The van der Waals surface area contributed by atoms with Gasteiger partial charge in [0.25, 0.3) is 5.91 Å². The fourth-order valence-corrected chi connectivity index (χ4v) is 1.58. The van der Waals surface area contributed by atoms with Crippen molar-refractivity contribution < 1.29 is 9.59 Å². The normalized spacial score (nSPS) is 10.9. The number of aromatic nitrogens is 1. The number of urea groups is 1. The van der Waals surface area contributed by atoms with Crippen LogP contribution < -0.4 is 27.6 Å². The summed E-state index contributed by atoms with van der Waals surface area (Å²) in [6, 6.07) is 2.65. The van der Waals surface area contributed by atoms with Crippen LogP contribution in [0.25, 0.3) is 0 Å². The van der Waals surface area contributed by atoms with Gasteiger partial charge in [-0.05, 0) is 12.1 Å². The van der Waals surface area contributed by atoms with Crippen LogP contribution in [-0.2, 0) is 5.41 Å². The van der Waals surface area contributed by atoms with E-state index in [0.717, 1.165) is 5.69 Å². The lowest BCUT2D eigenvalue weighted by Crippen LogP contribution is -2.37. The summed E-state index contributed by atoms with van der Waals surface area (Å²) in [5.74, 6) is 5.53. The maximum atomic E-state index is 12.1. The fourth-order valence-electron chi connectivity index (χ4n) is 1.58. The van der Waals surface area contributed by atoms with E-state index in [4.69, 9.17) is 11.6 Å². The number of pyridine rings is 1. The van der Waals surface area contributed by atoms with Crippen LogP contribution >= 0.6 is 0 Å². The van der Waals surface area contributed by atoms with Gasteiger partial charge in [0.15, 0.2) is 0 Å². The van der Waals surface area contributed by atoms with Crippen molar-refractivity contribution in [2.75, 3.05) is 18.5 Å². The molecule has 116 valence electrons. The lowest BCUT2D eigenvalue weighted by atomic mass is 9.90. The minimum atomic E-state index is -0.627. The van der Waals surface area contributed by atoms with Gasteiger partial charge in [0.1, 0.15) is 5.82 Å². The average molecular weight is 294 g/mol. The van der Waals surface area contributed by atoms with Crippen LogP contribution in [0.2, 0.25) is 0 Å². The van der Waals surface area contributed by atoms with Gasteiger partial charge in [0.05, 0.1) is 0 Å². The number of nitrogens with one attached hydrogen (secondary N) is 3. The molecule has 0 saturated heterocycles. The Bertz CT molecular complexity index is 524. The third-order valence-corrected chi connectivity index (χ3v) is 2.71. The molecule has 0 aromatic carbocycles. The molecule has 0 aliphatic rings. The Morgan fingerprint density at radius 1 is 1.19 bits per heavy atom. The molecule has 21 heavy (non-hydrogen) atoms. The molecule has 7 N–H and O–H groups in total. The molecule has 0 aliphatic heterocycles. The third kappa shape index (κ3) is 5.27. The first-order valence-electron chi connectivity index (χ1n) is 6.54. The Labute approximate surface area is 123 Å². The Morgan fingerprint density at radius 2 is 1.81 bits per heavy atom. The van der Waals surface area contributed by atoms with Gasteiger partial charge in [-0.15, -0.1) is 0 Å². The van der Waals surface area contributed by atoms with E-state index in [1.165, 1.54) is 0 Å². The van der Waals surface area contributed by atoms with E-state index in [1.54, 1.807) is 12.1 Å². The monoisotopic (exact) mass is 294 g/mol. The number of carbonyl (C=O) groups excluding carboxylic acids is 2. The van der Waals surface area contributed by atoms with E-state index in [0.29, 0.717) is 11.4 Å². The van der Waals surface area contributed by atoms with Crippen molar-refractivity contribution in [1.29, 1.82) is 0 Å². The van der Waals surface area contributed by atoms with Gasteiger partial charge in [-0.1, -0.05) is 20.8 Å². The van der Waals surface area contributed by atoms with Crippen LogP contribution in [0.4, 0.5) is 10.6 Å². The molecule has 1 aromatic rings. The molecule has 0 bridgehead atoms. The second-order valence-corrected chi connectivity index (χ2v) is 5.57. The number of hydrazine groups is 1. The summed E-state index contributed by atoms with van der Waals surface area (Å²) in [6.07, 6.45) is 0. The number of anilines is 1. The maximum Gasteiger partial charge on any atom is 0.312 e. The standard InChI is InChI=1S/C13H22N6O2/c1-13(2,3)9-6-8(7-10(18-9)19-15)11(20)16-4-5-17-12(14)21/h6-7H,4-5,15H2,1-3H3,(H,16,20)(H,18,19)(H3,14,17,21). The second-order valence-electron chi connectivity index (χ2n) is 5.57. The van der Waals surface area contributed by atoms with E-state index >= 15 is 0 Å². The molecule has 1 rings (SSSR count). The molecule has 8 nitrogen and oxygen atoms in total. The predicted molar refractivity (Wildman–Crippen MR) is 80.7 cm³/mol. The molecule has 0 aliphatic carbocycles. The predicted octanol–water partition coefficient (Wildman–Crippen LogP) is 0.0628. The number of hydrogen-bond acceptors (Lipinski definition) is 5. The Hall–Kier alpha value is -2.35. The second kappa shape index (κ2) is 6.89. The number of nitrogens with zero attached hydrogens (tertiary/aromatic N) is 1. The molecule has 8 heteroatoms. The van der Waals surface area contributed by atoms with E-state index in [9.17, 15) is 9.59 Å². The first-order chi connectivity index (χ1) is 9.74. The molecule has 0 radical (unpaired) electrons. The highest BCUT2D eigenvalue weighted by atomic mass is 16.2. The average Bonchev–Trinajstić information content (AvgIpc) is 2.41. The largest absolute Gasteiger partial charge is 0.352 e. The number of hydrogen-bond donors (Lipinski definition) is 5. The van der Waals surface area contributed by atoms with Crippen molar-refractivity contribution in [3.63, 3.8) is 0 Å². The maximum absolute atomic E-state index is 12.1. The van der Waals surface area contributed by atoms with Gasteiger partial charge < -0.3 is 21.8 Å². The summed E-state index contributed by atoms with van der Waals surface area (Å²) in [4.78, 5) is 26.9. The first kappa shape index (κ1) is 16.7. The number of amides is 3. The molecular weight excluding hydrogens is 272 g/mol. The minimum absolute atomic E-state index is 0.213. The summed E-state index contributed by atoms with van der Waals surface area (Å²) in [7, 11) is 0. The van der Waals surface area contributed by atoms with Crippen LogP contribution in [0.5, 0.6) is 0 Å². The van der Waals surface area contributed by atoms with E-state index in [1.807, 2.05) is 20.8 Å². The highest BCUT2D eigenvalue weighted by Crippen LogP contribution is 2.23. The first-order valence-corrected chi connectivity index (χ1v) is 6.54. The Kier molecular flexibility index (Phi) is 5.48. The smallest absolute Gasteiger partial charge is 0.312 e. The van der Waals surface area contributed by atoms with Crippen LogP contribution in [-0.4, -0.2) is 30.0 Å². The van der Waals surface area contributed by atoms with Gasteiger partial charge in [-0.2, -0.15) is 0 Å². The summed E-state index contributed by atoms with van der Waals surface area (Å²) >= 11 is 0. The van der Waals surface area contributed by atoms with Gasteiger partial charge >= 0.3 is 6.03 Å². The summed E-state index contributed by atoms with van der Waals surface area (Å²) in [5, 5.41) is 5.07. The number of carbonyl (C=O) groups is 2. The van der Waals surface area contributed by atoms with Crippen LogP contribution in [0.3, 0.4) is 0 Å². The van der Waals surface area contributed by atoms with Gasteiger partial charge in [-0.3, -0.25) is 4.79 Å². The summed E-state index contributed by atoms with van der Waals surface area (Å²) < 4.78 is 0. The lowest BCUT2D eigenvalue weighted by molar-refractivity contribution is 0.0953. The molecule has 1 heterocycles. The summed E-state index contributed by atoms with van der Waals surface area (Å²) in [6.45, 7) is 6.52. The SMILES string of the molecule is CC(C)(C)c1cc(C(=O)NCCNC(N)=O)cc(NN)n1. The van der Waals surface area contributed by atoms with Crippen LogP contribution in [0.15, 0.2) is 12.1 Å². The minimum Gasteiger partial charge on any atom is -0.352 e. The molecule has 0 atom stereocenters. The quantitative estimate of drug-likeness (QED) is 0.297. The third-order valence-electron chi connectivity index (χ3n) is 2.71. The van der Waals surface area contributed by atoms with Crippen molar-refractivity contribution in [2.24, 2.45) is 11.6 Å². The Balaban J connectivity index is 2.81. The fraction of sp³-hybridized carbons (Fsp3) is 0.462. The zero-order valence-corrected chi connectivity index (χ0v) is 12.5. The molecule has 1 aromatic heterocycles. The number of nitrogens with two attached hydrogens (primary N) is 2. The van der Waals surface area contributed by atoms with Gasteiger partial charge in [0, 0.05) is 29.8 Å². The van der Waals surface area contributed by atoms with Crippen LogP contribution in [0.1, 0.15) is 36.8 Å². The molecule has 3 amide bonds. The van der Waals surface area contributed by atoms with Crippen molar-refractivity contribution >= 4 is 17.8 Å². The molecule has 0 unspecified atom stereocenters. The van der Waals surface area contributed by atoms with E-state index in [-0.39, 0.29) is 24.4 Å². The van der Waals surface area contributed by atoms with Crippen LogP contribution in [0, 0.1) is 0 Å². The zero-order valence-electron chi connectivity index (χ0n) is 12.5. The van der Waals surface area contributed by atoms with Crippen molar-refractivity contribution in [1.82, 2.24) is 15.6 Å². The van der Waals surface area contributed by atoms with Crippen molar-refractivity contribution in [3.8, 4) is 0 Å². The topological polar surface area (TPSA) is 135 Å². The molecule has 0 spiro atoms. The van der Waals surface area contributed by atoms with E-state index < -0.39 is 6.03 Å². The van der Waals surface area contributed by atoms with E-state index in [2.05, 4.69) is 21.0 Å².